The molecule has 264 valence electrons. The standard InChI is InChI=1S/C33H41ClN6O8S/c1-18-7-4-5-8-20-15-33(20,30(43)39-49(46,47)32(3)11-12-32)38-27(41)24-14-21(16-40(24)29(42)25(19(2)13-18)37-31(44)45)48-28-22-9-6-10-23(34)26(22)35-17-36-28/h5-6,8-10,17-21,24-25,37H,4,7,11-16H2,1-3H3,(H,38,41)(H,39,43)(H,44,45)/b8-5-/t18-,19-,20-,21-,24+,25+,33-/m1/s1. The SMILES string of the molecule is C[C@@H]1CC/C=C\[C@@H]2C[C@@]2(C(=O)NS(=O)(=O)C2(C)CC2)NC(=O)[C@@H]2C[C@@H](Oc3ncnc4c(Cl)cccc34)CN2C(=O)[C@@H](NC(=O)O)[C@H](C)C1. The Hall–Kier alpha value is -3.98. The zero-order valence-electron chi connectivity index (χ0n) is 27.5. The van der Waals surface area contributed by atoms with E-state index in [1.54, 1.807) is 32.0 Å². The van der Waals surface area contributed by atoms with Crippen LogP contribution in [0.1, 0.15) is 65.7 Å². The first-order valence-corrected chi connectivity index (χ1v) is 18.4. The van der Waals surface area contributed by atoms with E-state index in [4.69, 9.17) is 16.3 Å². The Morgan fingerprint density at radius 3 is 2.63 bits per heavy atom. The molecule has 2 saturated carbocycles. The highest BCUT2D eigenvalue weighted by molar-refractivity contribution is 7.91. The van der Waals surface area contributed by atoms with Gasteiger partial charge < -0.3 is 25.4 Å². The Labute approximate surface area is 289 Å². The molecule has 2 aliphatic carbocycles. The van der Waals surface area contributed by atoms with Gasteiger partial charge >= 0.3 is 6.09 Å². The second-order valence-electron chi connectivity index (χ2n) is 14.2. The number of hydrogen-bond acceptors (Lipinski definition) is 9. The molecule has 4 amide bonds. The number of sulfonamides is 1. The minimum Gasteiger partial charge on any atom is -0.472 e. The second kappa shape index (κ2) is 13.0. The summed E-state index contributed by atoms with van der Waals surface area (Å²) in [5.41, 5.74) is -1.09. The number of hydrogen-bond donors (Lipinski definition) is 4. The third-order valence-electron chi connectivity index (χ3n) is 10.4. The average Bonchev–Trinajstić information content (AvgIpc) is 3.92. The van der Waals surface area contributed by atoms with Gasteiger partial charge in [-0.15, -0.1) is 0 Å². The van der Waals surface area contributed by atoms with Gasteiger partial charge in [-0.05, 0) is 69.4 Å². The van der Waals surface area contributed by atoms with Crippen LogP contribution in [0.3, 0.4) is 0 Å². The lowest BCUT2D eigenvalue weighted by atomic mass is 9.88. The van der Waals surface area contributed by atoms with Crippen molar-refractivity contribution in [2.45, 2.75) is 94.2 Å². The topological polar surface area (TPSA) is 197 Å². The summed E-state index contributed by atoms with van der Waals surface area (Å²) in [5, 5.41) is 15.8. The molecule has 0 bridgehead atoms. The number of ether oxygens (including phenoxy) is 1. The smallest absolute Gasteiger partial charge is 0.405 e. The monoisotopic (exact) mass is 716 g/mol. The minimum atomic E-state index is -4.00. The molecule has 0 unspecified atom stereocenters. The molecule has 3 fully saturated rings. The molecule has 2 aromatic rings. The molecule has 3 heterocycles. The molecular weight excluding hydrogens is 676 g/mol. The van der Waals surface area contributed by atoms with Crippen LogP contribution >= 0.6 is 11.6 Å². The highest BCUT2D eigenvalue weighted by Gasteiger charge is 2.63. The first-order chi connectivity index (χ1) is 23.1. The van der Waals surface area contributed by atoms with Crippen molar-refractivity contribution < 1.29 is 37.4 Å². The summed E-state index contributed by atoms with van der Waals surface area (Å²) in [4.78, 5) is 63.9. The Morgan fingerprint density at radius 1 is 1.16 bits per heavy atom. The van der Waals surface area contributed by atoms with Crippen molar-refractivity contribution in [3.8, 4) is 5.88 Å². The zero-order chi connectivity index (χ0) is 35.3. The summed E-state index contributed by atoms with van der Waals surface area (Å²) in [7, 11) is -4.00. The molecular formula is C33H41ClN6O8S. The predicted molar refractivity (Wildman–Crippen MR) is 179 cm³/mol. The Bertz CT molecular complexity index is 1820. The normalized spacial score (nSPS) is 32.0. The number of allylic oxidation sites excluding steroid dienone is 1. The van der Waals surface area contributed by atoms with E-state index in [1.807, 2.05) is 19.1 Å². The number of carbonyl (C=O) groups is 4. The number of benzene rings is 1. The second-order valence-corrected chi connectivity index (χ2v) is 16.8. The van der Waals surface area contributed by atoms with E-state index < -0.39 is 74.1 Å². The lowest BCUT2D eigenvalue weighted by Crippen LogP contribution is -2.59. The van der Waals surface area contributed by atoms with Crippen molar-refractivity contribution in [2.24, 2.45) is 17.8 Å². The summed E-state index contributed by atoms with van der Waals surface area (Å²) in [6.07, 6.45) is 5.86. The van der Waals surface area contributed by atoms with Crippen molar-refractivity contribution in [1.29, 1.82) is 0 Å². The van der Waals surface area contributed by atoms with Gasteiger partial charge in [-0.25, -0.2) is 23.2 Å². The molecule has 1 aromatic carbocycles. The number of amides is 4. The Balaban J connectivity index is 1.34. The fraction of sp³-hybridized carbons (Fsp3) is 0.576. The summed E-state index contributed by atoms with van der Waals surface area (Å²) in [5.74, 6) is -2.67. The first-order valence-electron chi connectivity index (χ1n) is 16.6. The van der Waals surface area contributed by atoms with Crippen molar-refractivity contribution in [1.82, 2.24) is 30.2 Å². The van der Waals surface area contributed by atoms with Gasteiger partial charge in [0.15, 0.2) is 0 Å². The summed E-state index contributed by atoms with van der Waals surface area (Å²) >= 11 is 6.34. The van der Waals surface area contributed by atoms with E-state index in [0.29, 0.717) is 41.6 Å². The van der Waals surface area contributed by atoms with Gasteiger partial charge in [0.25, 0.3) is 5.91 Å². The van der Waals surface area contributed by atoms with Crippen LogP contribution in [0.25, 0.3) is 10.9 Å². The molecule has 14 nitrogen and oxygen atoms in total. The van der Waals surface area contributed by atoms with Gasteiger partial charge in [-0.3, -0.25) is 19.1 Å². The van der Waals surface area contributed by atoms with Crippen LogP contribution in [0.15, 0.2) is 36.7 Å². The number of fused-ring (bicyclic) bond motifs is 3. The van der Waals surface area contributed by atoms with E-state index in [2.05, 4.69) is 25.3 Å². The van der Waals surface area contributed by atoms with Gasteiger partial charge in [0.2, 0.25) is 27.7 Å². The summed E-state index contributed by atoms with van der Waals surface area (Å²) < 4.78 is 33.6. The lowest BCUT2D eigenvalue weighted by molar-refractivity contribution is -0.142. The number of nitrogens with one attached hydrogen (secondary N) is 3. The number of nitrogens with zero attached hydrogens (tertiary/aromatic N) is 3. The van der Waals surface area contributed by atoms with Gasteiger partial charge in [0.05, 0.1) is 27.2 Å². The molecule has 0 spiro atoms. The van der Waals surface area contributed by atoms with Crippen LogP contribution < -0.4 is 20.1 Å². The van der Waals surface area contributed by atoms with Crippen LogP contribution in [0.5, 0.6) is 5.88 Å². The van der Waals surface area contributed by atoms with Gasteiger partial charge in [-0.2, -0.15) is 0 Å². The summed E-state index contributed by atoms with van der Waals surface area (Å²) in [6.45, 7) is 5.31. The van der Waals surface area contributed by atoms with Gasteiger partial charge in [0.1, 0.15) is 30.1 Å². The molecule has 16 heteroatoms. The number of aromatic nitrogens is 2. The third kappa shape index (κ3) is 6.91. The highest BCUT2D eigenvalue weighted by Crippen LogP contribution is 2.47. The lowest BCUT2D eigenvalue weighted by Gasteiger charge is -2.32. The molecule has 2 aliphatic heterocycles. The maximum Gasteiger partial charge on any atom is 0.405 e. The molecule has 0 radical (unpaired) electrons. The van der Waals surface area contributed by atoms with Crippen LogP contribution in [0.4, 0.5) is 4.79 Å². The van der Waals surface area contributed by atoms with Crippen LogP contribution in [0, 0.1) is 17.8 Å². The molecule has 1 saturated heterocycles. The fourth-order valence-electron chi connectivity index (χ4n) is 7.01. The maximum absolute atomic E-state index is 14.3. The molecule has 7 atom stereocenters. The van der Waals surface area contributed by atoms with Crippen LogP contribution in [-0.2, 0) is 24.4 Å². The Morgan fingerprint density at radius 2 is 1.92 bits per heavy atom. The van der Waals surface area contributed by atoms with E-state index in [9.17, 15) is 32.7 Å². The van der Waals surface area contributed by atoms with Crippen LogP contribution in [0.2, 0.25) is 5.02 Å². The van der Waals surface area contributed by atoms with E-state index >= 15 is 0 Å². The Kier molecular flexibility index (Phi) is 9.28. The third-order valence-corrected chi connectivity index (χ3v) is 12.8. The van der Waals surface area contributed by atoms with Crippen molar-refractivity contribution >= 4 is 56.3 Å². The molecule has 1 aromatic heterocycles. The van der Waals surface area contributed by atoms with E-state index in [1.165, 1.54) is 11.2 Å². The molecule has 4 aliphatic rings. The molecule has 49 heavy (non-hydrogen) atoms. The van der Waals surface area contributed by atoms with E-state index in [-0.39, 0.29) is 31.2 Å². The van der Waals surface area contributed by atoms with Crippen molar-refractivity contribution in [3.05, 3.63) is 41.7 Å². The zero-order valence-corrected chi connectivity index (χ0v) is 29.1. The summed E-state index contributed by atoms with van der Waals surface area (Å²) in [6, 6.07) is 2.79. The number of carbonyl (C=O) groups excluding carboxylic acids is 3. The number of rotatable bonds is 6. The maximum atomic E-state index is 14.3. The minimum absolute atomic E-state index is 0.0111. The van der Waals surface area contributed by atoms with Gasteiger partial charge in [0, 0.05) is 12.3 Å². The number of halogens is 1. The predicted octanol–water partition coefficient (Wildman–Crippen LogP) is 3.15. The quantitative estimate of drug-likeness (QED) is 0.322. The number of carboxylic acid groups (broad SMARTS) is 1. The molecule has 4 N–H and O–H groups in total. The highest BCUT2D eigenvalue weighted by atomic mass is 35.5. The largest absolute Gasteiger partial charge is 0.472 e. The van der Waals surface area contributed by atoms with Gasteiger partial charge in [-0.1, -0.05) is 43.7 Å². The van der Waals surface area contributed by atoms with Crippen molar-refractivity contribution in [2.75, 3.05) is 6.54 Å². The van der Waals surface area contributed by atoms with Crippen LogP contribution in [-0.4, -0.2) is 87.2 Å². The van der Waals surface area contributed by atoms with Crippen molar-refractivity contribution in [3.63, 3.8) is 0 Å². The molecule has 6 rings (SSSR count). The average molecular weight is 717 g/mol. The number of para-hydroxylation sites is 1. The fourth-order valence-corrected chi connectivity index (χ4v) is 8.54. The van der Waals surface area contributed by atoms with E-state index in [0.717, 1.165) is 6.42 Å². The first kappa shape index (κ1) is 34.9.